The van der Waals surface area contributed by atoms with Gasteiger partial charge in [-0.25, -0.2) is 0 Å². The third-order valence-corrected chi connectivity index (χ3v) is 2.91. The molecule has 0 spiro atoms. The van der Waals surface area contributed by atoms with E-state index in [9.17, 15) is 4.79 Å². The van der Waals surface area contributed by atoms with E-state index in [0.717, 1.165) is 5.69 Å². The lowest BCUT2D eigenvalue weighted by Gasteiger charge is -2.14. The number of para-hydroxylation sites is 2. The lowest BCUT2D eigenvalue weighted by Crippen LogP contribution is -2.18. The molecular formula is C17H17N3O. The van der Waals surface area contributed by atoms with E-state index < -0.39 is 0 Å². The molecule has 0 aliphatic carbocycles. The summed E-state index contributed by atoms with van der Waals surface area (Å²) in [6, 6.07) is 16.6. The molecule has 2 aromatic carbocycles. The summed E-state index contributed by atoms with van der Waals surface area (Å²) in [7, 11) is 0. The molecule has 0 atom stereocenters. The Bertz CT molecular complexity index is 686. The lowest BCUT2D eigenvalue weighted by atomic mass is 10.1. The van der Waals surface area contributed by atoms with Gasteiger partial charge in [0.05, 0.1) is 16.8 Å². The van der Waals surface area contributed by atoms with Crippen molar-refractivity contribution in [3.63, 3.8) is 0 Å². The van der Waals surface area contributed by atoms with Gasteiger partial charge in [0.15, 0.2) is 0 Å². The van der Waals surface area contributed by atoms with Gasteiger partial charge in [-0.3, -0.25) is 4.79 Å². The number of carbonyl (C=O) groups is 1. The van der Waals surface area contributed by atoms with Crippen LogP contribution in [0.1, 0.15) is 29.8 Å². The van der Waals surface area contributed by atoms with Crippen LogP contribution in [0.5, 0.6) is 0 Å². The van der Waals surface area contributed by atoms with Crippen LogP contribution in [0.15, 0.2) is 48.5 Å². The van der Waals surface area contributed by atoms with Crippen LogP contribution in [0.4, 0.5) is 11.4 Å². The first-order valence-corrected chi connectivity index (χ1v) is 6.78. The molecule has 0 radical (unpaired) electrons. The third kappa shape index (κ3) is 3.61. The van der Waals surface area contributed by atoms with E-state index in [4.69, 9.17) is 5.26 Å². The highest BCUT2D eigenvalue weighted by Crippen LogP contribution is 2.20. The molecule has 106 valence electrons. The van der Waals surface area contributed by atoms with Gasteiger partial charge in [0.25, 0.3) is 5.91 Å². The van der Waals surface area contributed by atoms with Crippen molar-refractivity contribution in [1.82, 2.24) is 0 Å². The maximum absolute atomic E-state index is 12.4. The summed E-state index contributed by atoms with van der Waals surface area (Å²) in [5.41, 5.74) is 2.29. The average molecular weight is 279 g/mol. The number of benzene rings is 2. The van der Waals surface area contributed by atoms with Crippen LogP contribution in [-0.4, -0.2) is 11.9 Å². The highest BCUT2D eigenvalue weighted by atomic mass is 16.1. The number of amides is 1. The first-order chi connectivity index (χ1) is 10.1. The second kappa shape index (κ2) is 6.58. The van der Waals surface area contributed by atoms with Crippen LogP contribution >= 0.6 is 0 Å². The van der Waals surface area contributed by atoms with Gasteiger partial charge >= 0.3 is 0 Å². The monoisotopic (exact) mass is 279 g/mol. The number of hydrogen-bond donors (Lipinski definition) is 2. The summed E-state index contributed by atoms with van der Waals surface area (Å²) in [5, 5.41) is 15.1. The van der Waals surface area contributed by atoms with Crippen molar-refractivity contribution in [3.05, 3.63) is 59.7 Å². The summed E-state index contributed by atoms with van der Waals surface area (Å²) < 4.78 is 0. The molecule has 0 aliphatic rings. The topological polar surface area (TPSA) is 64.9 Å². The molecule has 0 bridgehead atoms. The van der Waals surface area contributed by atoms with Crippen LogP contribution in [0, 0.1) is 11.3 Å². The fourth-order valence-corrected chi connectivity index (χ4v) is 2.00. The minimum atomic E-state index is -0.235. The Morgan fingerprint density at radius 3 is 2.33 bits per heavy atom. The summed E-state index contributed by atoms with van der Waals surface area (Å²) >= 11 is 0. The SMILES string of the molecule is CC(C)Nc1ccccc1C(=O)Nc1ccccc1C#N. The first kappa shape index (κ1) is 14.6. The summed E-state index contributed by atoms with van der Waals surface area (Å²) in [4.78, 5) is 12.4. The van der Waals surface area contributed by atoms with Crippen molar-refractivity contribution >= 4 is 17.3 Å². The van der Waals surface area contributed by atoms with Crippen LogP contribution in [0.2, 0.25) is 0 Å². The lowest BCUT2D eigenvalue weighted by molar-refractivity contribution is 0.102. The molecule has 0 fully saturated rings. The molecule has 4 heteroatoms. The number of nitriles is 1. The van der Waals surface area contributed by atoms with Gasteiger partial charge in [-0.1, -0.05) is 24.3 Å². The highest BCUT2D eigenvalue weighted by molar-refractivity contribution is 6.08. The minimum absolute atomic E-state index is 0.227. The number of nitrogens with one attached hydrogen (secondary N) is 2. The van der Waals surface area contributed by atoms with Crippen LogP contribution in [0.25, 0.3) is 0 Å². The maximum Gasteiger partial charge on any atom is 0.257 e. The Labute approximate surface area is 124 Å². The second-order valence-corrected chi connectivity index (χ2v) is 4.96. The zero-order chi connectivity index (χ0) is 15.2. The fraction of sp³-hybridized carbons (Fsp3) is 0.176. The van der Waals surface area contributed by atoms with Crippen LogP contribution < -0.4 is 10.6 Å². The Kier molecular flexibility index (Phi) is 4.57. The molecule has 0 aromatic heterocycles. The average Bonchev–Trinajstić information content (AvgIpc) is 2.47. The normalized spacial score (nSPS) is 10.0. The van der Waals surface area contributed by atoms with Crippen LogP contribution in [-0.2, 0) is 0 Å². The van der Waals surface area contributed by atoms with Gasteiger partial charge in [0, 0.05) is 11.7 Å². The van der Waals surface area contributed by atoms with Crippen molar-refractivity contribution in [2.45, 2.75) is 19.9 Å². The fourth-order valence-electron chi connectivity index (χ4n) is 2.00. The van der Waals surface area contributed by atoms with E-state index in [1.54, 1.807) is 30.3 Å². The molecule has 0 saturated heterocycles. The van der Waals surface area contributed by atoms with E-state index in [1.165, 1.54) is 0 Å². The number of hydrogen-bond acceptors (Lipinski definition) is 3. The molecule has 4 nitrogen and oxygen atoms in total. The van der Waals surface area contributed by atoms with Gasteiger partial charge in [-0.05, 0) is 38.1 Å². The zero-order valence-corrected chi connectivity index (χ0v) is 12.1. The predicted octanol–water partition coefficient (Wildman–Crippen LogP) is 3.63. The van der Waals surface area contributed by atoms with Gasteiger partial charge in [0.1, 0.15) is 6.07 Å². The smallest absolute Gasteiger partial charge is 0.257 e. The van der Waals surface area contributed by atoms with Gasteiger partial charge in [0.2, 0.25) is 0 Å². The minimum Gasteiger partial charge on any atom is -0.382 e. The van der Waals surface area contributed by atoms with Crippen molar-refractivity contribution in [3.8, 4) is 6.07 Å². The van der Waals surface area contributed by atoms with Gasteiger partial charge < -0.3 is 10.6 Å². The standard InChI is InChI=1S/C17H17N3O/c1-12(2)19-16-10-6-4-8-14(16)17(21)20-15-9-5-3-7-13(15)11-18/h3-10,12,19H,1-2H3,(H,20,21). The number of nitrogens with zero attached hydrogens (tertiary/aromatic N) is 1. The largest absolute Gasteiger partial charge is 0.382 e. The van der Waals surface area contributed by atoms with E-state index >= 15 is 0 Å². The molecule has 21 heavy (non-hydrogen) atoms. The molecule has 1 amide bonds. The first-order valence-electron chi connectivity index (χ1n) is 6.78. The molecule has 0 heterocycles. The molecule has 0 unspecified atom stereocenters. The Hall–Kier alpha value is -2.80. The van der Waals surface area contributed by atoms with Crippen molar-refractivity contribution < 1.29 is 4.79 Å². The zero-order valence-electron chi connectivity index (χ0n) is 12.1. The maximum atomic E-state index is 12.4. The van der Waals surface area contributed by atoms with E-state index in [1.807, 2.05) is 32.0 Å². The Morgan fingerprint density at radius 1 is 1.05 bits per heavy atom. The van der Waals surface area contributed by atoms with E-state index in [0.29, 0.717) is 16.8 Å². The van der Waals surface area contributed by atoms with Crippen molar-refractivity contribution in [2.24, 2.45) is 0 Å². The van der Waals surface area contributed by atoms with Crippen molar-refractivity contribution in [2.75, 3.05) is 10.6 Å². The molecule has 2 rings (SSSR count). The highest BCUT2D eigenvalue weighted by Gasteiger charge is 2.13. The molecule has 0 saturated carbocycles. The van der Waals surface area contributed by atoms with Crippen LogP contribution in [0.3, 0.4) is 0 Å². The Balaban J connectivity index is 2.27. The van der Waals surface area contributed by atoms with Crippen molar-refractivity contribution in [1.29, 1.82) is 5.26 Å². The second-order valence-electron chi connectivity index (χ2n) is 4.96. The quantitative estimate of drug-likeness (QED) is 0.898. The third-order valence-electron chi connectivity index (χ3n) is 2.91. The number of rotatable bonds is 4. The molecular weight excluding hydrogens is 262 g/mol. The number of carbonyl (C=O) groups excluding carboxylic acids is 1. The van der Waals surface area contributed by atoms with E-state index in [2.05, 4.69) is 16.7 Å². The predicted molar refractivity (Wildman–Crippen MR) is 84.3 cm³/mol. The van der Waals surface area contributed by atoms with Gasteiger partial charge in [-0.2, -0.15) is 5.26 Å². The Morgan fingerprint density at radius 2 is 1.67 bits per heavy atom. The van der Waals surface area contributed by atoms with Gasteiger partial charge in [-0.15, -0.1) is 0 Å². The number of anilines is 2. The summed E-state index contributed by atoms with van der Waals surface area (Å²) in [6.45, 7) is 4.03. The summed E-state index contributed by atoms with van der Waals surface area (Å²) in [6.07, 6.45) is 0. The summed E-state index contributed by atoms with van der Waals surface area (Å²) in [5.74, 6) is -0.235. The molecule has 2 N–H and O–H groups in total. The molecule has 2 aromatic rings. The molecule has 0 aliphatic heterocycles. The van der Waals surface area contributed by atoms with E-state index in [-0.39, 0.29) is 11.9 Å².